The molecule has 88 valence electrons. The molecule has 0 fully saturated rings. The Balaban J connectivity index is 2.90. The molecule has 0 aliphatic heterocycles. The zero-order valence-corrected chi connectivity index (χ0v) is 10.00. The van der Waals surface area contributed by atoms with Gasteiger partial charge in [0, 0.05) is 11.3 Å². The smallest absolute Gasteiger partial charge is 0.327 e. The van der Waals surface area contributed by atoms with E-state index in [4.69, 9.17) is 0 Å². The summed E-state index contributed by atoms with van der Waals surface area (Å²) in [5.74, 6) is -0.0819. The van der Waals surface area contributed by atoms with Crippen molar-refractivity contribution in [1.82, 2.24) is 0 Å². The summed E-state index contributed by atoms with van der Waals surface area (Å²) in [6.45, 7) is 5.34. The Morgan fingerprint density at radius 1 is 1.44 bits per heavy atom. The van der Waals surface area contributed by atoms with Gasteiger partial charge in [-0.2, -0.15) is 0 Å². The number of carbonyl (C=O) groups is 1. The lowest BCUT2D eigenvalue weighted by Gasteiger charge is -2.16. The van der Waals surface area contributed by atoms with Gasteiger partial charge in [0.25, 0.3) is 0 Å². The van der Waals surface area contributed by atoms with Crippen LogP contribution in [-0.4, -0.2) is 24.2 Å². The van der Waals surface area contributed by atoms with E-state index in [1.165, 1.54) is 7.11 Å². The number of esters is 1. The number of hydrogen-bond acceptors (Lipinski definition) is 4. The summed E-state index contributed by atoms with van der Waals surface area (Å²) >= 11 is 0. The van der Waals surface area contributed by atoms with Crippen LogP contribution in [0.4, 0.5) is 5.69 Å². The van der Waals surface area contributed by atoms with Gasteiger partial charge in [-0.1, -0.05) is 6.07 Å². The third-order valence-corrected chi connectivity index (χ3v) is 2.56. The van der Waals surface area contributed by atoms with Gasteiger partial charge >= 0.3 is 5.97 Å². The van der Waals surface area contributed by atoms with E-state index < -0.39 is 6.04 Å². The summed E-state index contributed by atoms with van der Waals surface area (Å²) in [6, 6.07) is 3.20. The predicted molar refractivity (Wildman–Crippen MR) is 62.7 cm³/mol. The second kappa shape index (κ2) is 4.88. The lowest BCUT2D eigenvalue weighted by Crippen LogP contribution is -2.27. The molecule has 0 heterocycles. The number of ether oxygens (including phenoxy) is 1. The summed E-state index contributed by atoms with van der Waals surface area (Å²) in [6.07, 6.45) is 0. The maximum Gasteiger partial charge on any atom is 0.327 e. The largest absolute Gasteiger partial charge is 0.507 e. The van der Waals surface area contributed by atoms with Gasteiger partial charge in [-0.15, -0.1) is 0 Å². The molecule has 0 saturated carbocycles. The minimum Gasteiger partial charge on any atom is -0.507 e. The molecule has 1 aromatic rings. The second-order valence-electron chi connectivity index (χ2n) is 3.79. The van der Waals surface area contributed by atoms with Crippen molar-refractivity contribution in [2.45, 2.75) is 26.8 Å². The number of phenolic OH excluding ortho intramolecular Hbond substituents is 1. The van der Waals surface area contributed by atoms with Crippen molar-refractivity contribution >= 4 is 11.7 Å². The van der Waals surface area contributed by atoms with Crippen molar-refractivity contribution in [3.05, 3.63) is 23.3 Å². The van der Waals surface area contributed by atoms with E-state index in [1.54, 1.807) is 19.9 Å². The Morgan fingerprint density at radius 3 is 2.62 bits per heavy atom. The highest BCUT2D eigenvalue weighted by atomic mass is 16.5. The standard InChI is InChI=1S/C12H17NO3/c1-7-5-6-10(8(2)11(7)14)13-9(3)12(15)16-4/h5-6,9,13-14H,1-4H3. The minimum absolute atomic E-state index is 0.252. The first-order chi connectivity index (χ1) is 7.47. The predicted octanol–water partition coefficient (Wildman–Crippen LogP) is 1.98. The zero-order valence-electron chi connectivity index (χ0n) is 10.00. The van der Waals surface area contributed by atoms with Crippen LogP contribution in [0.5, 0.6) is 5.75 Å². The van der Waals surface area contributed by atoms with Crippen molar-refractivity contribution in [3.63, 3.8) is 0 Å². The molecule has 1 atom stereocenters. The topological polar surface area (TPSA) is 58.6 Å². The number of benzene rings is 1. The minimum atomic E-state index is -0.439. The Hall–Kier alpha value is -1.71. The average molecular weight is 223 g/mol. The summed E-state index contributed by atoms with van der Waals surface area (Å²) in [4.78, 5) is 11.2. The van der Waals surface area contributed by atoms with Crippen molar-refractivity contribution in [2.24, 2.45) is 0 Å². The number of methoxy groups -OCH3 is 1. The fraction of sp³-hybridized carbons (Fsp3) is 0.417. The average Bonchev–Trinajstić information content (AvgIpc) is 2.28. The van der Waals surface area contributed by atoms with Crippen LogP contribution in [0.2, 0.25) is 0 Å². The van der Waals surface area contributed by atoms with E-state index in [0.29, 0.717) is 0 Å². The number of hydrogen-bond donors (Lipinski definition) is 2. The van der Waals surface area contributed by atoms with Crippen LogP contribution in [0.1, 0.15) is 18.1 Å². The number of phenols is 1. The molecule has 0 spiro atoms. The lowest BCUT2D eigenvalue weighted by molar-refractivity contribution is -0.141. The van der Waals surface area contributed by atoms with Gasteiger partial charge in [-0.25, -0.2) is 4.79 Å². The molecule has 0 aromatic heterocycles. The summed E-state index contributed by atoms with van der Waals surface area (Å²) in [5, 5.41) is 12.7. The van der Waals surface area contributed by atoms with Crippen LogP contribution in [0, 0.1) is 13.8 Å². The molecular formula is C12H17NO3. The van der Waals surface area contributed by atoms with E-state index >= 15 is 0 Å². The van der Waals surface area contributed by atoms with Crippen molar-refractivity contribution < 1.29 is 14.6 Å². The van der Waals surface area contributed by atoms with Gasteiger partial charge in [0.15, 0.2) is 0 Å². The fourth-order valence-electron chi connectivity index (χ4n) is 1.46. The molecule has 4 heteroatoms. The number of carbonyl (C=O) groups excluding carboxylic acids is 1. The van der Waals surface area contributed by atoms with Crippen LogP contribution in [0.15, 0.2) is 12.1 Å². The Morgan fingerprint density at radius 2 is 2.06 bits per heavy atom. The third kappa shape index (κ3) is 2.45. The molecule has 0 saturated heterocycles. The molecule has 16 heavy (non-hydrogen) atoms. The van der Waals surface area contributed by atoms with Gasteiger partial charge < -0.3 is 15.2 Å². The number of rotatable bonds is 3. The van der Waals surface area contributed by atoms with Crippen molar-refractivity contribution in [2.75, 3.05) is 12.4 Å². The number of aryl methyl sites for hydroxylation is 1. The van der Waals surface area contributed by atoms with Crippen LogP contribution >= 0.6 is 0 Å². The summed E-state index contributed by atoms with van der Waals surface area (Å²) < 4.78 is 4.61. The van der Waals surface area contributed by atoms with Crippen LogP contribution in [0.3, 0.4) is 0 Å². The van der Waals surface area contributed by atoms with Gasteiger partial charge in [0.05, 0.1) is 7.11 Å². The SMILES string of the molecule is COC(=O)C(C)Nc1ccc(C)c(O)c1C. The molecule has 0 radical (unpaired) electrons. The monoisotopic (exact) mass is 223 g/mol. The van der Waals surface area contributed by atoms with Crippen LogP contribution in [-0.2, 0) is 9.53 Å². The molecule has 0 aliphatic rings. The second-order valence-corrected chi connectivity index (χ2v) is 3.79. The van der Waals surface area contributed by atoms with E-state index in [1.807, 2.05) is 13.0 Å². The number of anilines is 1. The molecule has 0 bridgehead atoms. The maximum atomic E-state index is 11.2. The fourth-order valence-corrected chi connectivity index (χ4v) is 1.46. The third-order valence-electron chi connectivity index (χ3n) is 2.56. The molecule has 4 nitrogen and oxygen atoms in total. The highest BCUT2D eigenvalue weighted by Gasteiger charge is 2.14. The Labute approximate surface area is 95.2 Å². The molecule has 2 N–H and O–H groups in total. The van der Waals surface area contributed by atoms with Gasteiger partial charge in [0.1, 0.15) is 11.8 Å². The van der Waals surface area contributed by atoms with Gasteiger partial charge in [0.2, 0.25) is 0 Å². The Kier molecular flexibility index (Phi) is 3.77. The van der Waals surface area contributed by atoms with Crippen LogP contribution in [0.25, 0.3) is 0 Å². The van der Waals surface area contributed by atoms with E-state index in [-0.39, 0.29) is 11.7 Å². The number of aromatic hydroxyl groups is 1. The lowest BCUT2D eigenvalue weighted by atomic mass is 10.1. The van der Waals surface area contributed by atoms with Crippen molar-refractivity contribution in [1.29, 1.82) is 0 Å². The normalized spacial score (nSPS) is 12.0. The Bertz CT molecular complexity index is 401. The summed E-state index contributed by atoms with van der Waals surface area (Å²) in [5.41, 5.74) is 2.28. The molecule has 1 unspecified atom stereocenters. The summed E-state index contributed by atoms with van der Waals surface area (Å²) in [7, 11) is 1.35. The number of nitrogens with one attached hydrogen (secondary N) is 1. The van der Waals surface area contributed by atoms with E-state index in [9.17, 15) is 9.90 Å². The molecule has 1 rings (SSSR count). The molecular weight excluding hydrogens is 206 g/mol. The quantitative estimate of drug-likeness (QED) is 0.769. The first kappa shape index (κ1) is 12.4. The highest BCUT2D eigenvalue weighted by molar-refractivity contribution is 5.79. The maximum absolute atomic E-state index is 11.2. The molecule has 0 aliphatic carbocycles. The van der Waals surface area contributed by atoms with E-state index in [2.05, 4.69) is 10.1 Å². The van der Waals surface area contributed by atoms with Crippen molar-refractivity contribution in [3.8, 4) is 5.75 Å². The van der Waals surface area contributed by atoms with Crippen LogP contribution < -0.4 is 5.32 Å². The highest BCUT2D eigenvalue weighted by Crippen LogP contribution is 2.28. The zero-order chi connectivity index (χ0) is 12.3. The van der Waals surface area contributed by atoms with Gasteiger partial charge in [-0.3, -0.25) is 0 Å². The van der Waals surface area contributed by atoms with Gasteiger partial charge in [-0.05, 0) is 32.4 Å². The first-order valence-corrected chi connectivity index (χ1v) is 5.11. The molecule has 1 aromatic carbocycles. The molecule has 0 amide bonds. The first-order valence-electron chi connectivity index (χ1n) is 5.11. The van der Waals surface area contributed by atoms with E-state index in [0.717, 1.165) is 16.8 Å².